The molecule has 2 bridgehead atoms. The molecule has 0 saturated carbocycles. The van der Waals surface area contributed by atoms with E-state index in [2.05, 4.69) is 15.9 Å². The molecule has 1 aliphatic heterocycles. The normalized spacial score (nSPS) is 27.4. The van der Waals surface area contributed by atoms with Gasteiger partial charge in [0.2, 0.25) is 0 Å². The Hall–Kier alpha value is -1.77. The Labute approximate surface area is 196 Å². The van der Waals surface area contributed by atoms with Crippen LogP contribution in [0.3, 0.4) is 0 Å². The maximum Gasteiger partial charge on any atom is 0.331 e. The van der Waals surface area contributed by atoms with E-state index in [4.69, 9.17) is 20.2 Å². The van der Waals surface area contributed by atoms with Crippen LogP contribution in [0.4, 0.5) is 0 Å². The molecule has 0 spiro atoms. The molecule has 0 radical (unpaired) electrons. The highest BCUT2D eigenvalue weighted by Gasteiger charge is 2.20. The van der Waals surface area contributed by atoms with E-state index in [1.165, 1.54) is 17.4 Å². The van der Waals surface area contributed by atoms with Crippen molar-refractivity contribution in [3.8, 4) is 0 Å². The number of carbonyl (C=O) groups excluding carboxylic acids is 2. The van der Waals surface area contributed by atoms with Crippen molar-refractivity contribution in [3.63, 3.8) is 0 Å². The van der Waals surface area contributed by atoms with Crippen molar-refractivity contribution in [1.29, 1.82) is 0 Å². The number of ether oxygens (including phenoxy) is 2. The minimum absolute atomic E-state index is 0.106. The Balaban J connectivity index is 2.26. The first-order valence-electron chi connectivity index (χ1n) is 10.4. The largest absolute Gasteiger partial charge is 0.462 e. The average molecular weight is 511 g/mol. The third-order valence-electron chi connectivity index (χ3n) is 4.77. The van der Waals surface area contributed by atoms with Crippen LogP contribution >= 0.6 is 27.3 Å². The summed E-state index contributed by atoms with van der Waals surface area (Å²) < 4.78 is 12.0. The fourth-order valence-corrected chi connectivity index (χ4v) is 4.65. The van der Waals surface area contributed by atoms with Crippen molar-refractivity contribution in [2.75, 3.05) is 0 Å². The fraction of sp³-hybridized carbons (Fsp3) is 0.522. The molecular formula is C23H31BrN2O4S. The van der Waals surface area contributed by atoms with E-state index in [9.17, 15) is 9.59 Å². The number of carbonyl (C=O) groups is 2. The Kier molecular flexibility index (Phi) is 10.1. The summed E-state index contributed by atoms with van der Waals surface area (Å²) >= 11 is 4.95. The number of cyclic esters (lactones) is 2. The summed E-state index contributed by atoms with van der Waals surface area (Å²) in [6, 6.07) is -0.297. The Morgan fingerprint density at radius 2 is 2.00 bits per heavy atom. The summed E-state index contributed by atoms with van der Waals surface area (Å²) in [5.41, 5.74) is 8.13. The molecule has 31 heavy (non-hydrogen) atoms. The van der Waals surface area contributed by atoms with Gasteiger partial charge in [0.1, 0.15) is 12.2 Å². The van der Waals surface area contributed by atoms with Crippen molar-refractivity contribution in [2.45, 2.75) is 77.5 Å². The molecule has 6 nitrogen and oxygen atoms in total. The van der Waals surface area contributed by atoms with Gasteiger partial charge in [-0.1, -0.05) is 40.6 Å². The van der Waals surface area contributed by atoms with Crippen LogP contribution in [-0.2, 0) is 25.5 Å². The lowest BCUT2D eigenvalue weighted by Gasteiger charge is -2.18. The van der Waals surface area contributed by atoms with Crippen LogP contribution in [-0.4, -0.2) is 35.2 Å². The first kappa shape index (κ1) is 25.5. The smallest absolute Gasteiger partial charge is 0.331 e. The molecular weight excluding hydrogens is 480 g/mol. The highest BCUT2D eigenvalue weighted by atomic mass is 79.9. The van der Waals surface area contributed by atoms with Crippen LogP contribution in [0.2, 0.25) is 0 Å². The number of nitrogens with zero attached hydrogens (tertiary/aromatic N) is 1. The first-order chi connectivity index (χ1) is 14.6. The third-order valence-corrected chi connectivity index (χ3v) is 5.93. The molecule has 1 aliphatic rings. The second-order valence-corrected chi connectivity index (χ2v) is 10.3. The fourth-order valence-electron chi connectivity index (χ4n) is 3.40. The van der Waals surface area contributed by atoms with E-state index < -0.39 is 12.1 Å². The molecule has 0 aromatic carbocycles. The summed E-state index contributed by atoms with van der Waals surface area (Å²) in [6.45, 7) is 7.72. The number of rotatable bonds is 1. The van der Waals surface area contributed by atoms with Crippen molar-refractivity contribution in [3.05, 3.63) is 50.4 Å². The summed E-state index contributed by atoms with van der Waals surface area (Å²) in [6.07, 6.45) is 7.91. The minimum Gasteiger partial charge on any atom is -0.462 e. The van der Waals surface area contributed by atoms with Gasteiger partial charge in [0.05, 0.1) is 17.1 Å². The average Bonchev–Trinajstić information content (AvgIpc) is 3.08. The lowest BCUT2D eigenvalue weighted by atomic mass is 9.98. The van der Waals surface area contributed by atoms with Crippen molar-refractivity contribution >= 4 is 39.2 Å². The number of thiazole rings is 1. The van der Waals surface area contributed by atoms with Gasteiger partial charge in [-0.25, -0.2) is 9.78 Å². The van der Waals surface area contributed by atoms with Crippen LogP contribution in [0.1, 0.15) is 63.6 Å². The van der Waals surface area contributed by atoms with Gasteiger partial charge in [-0.3, -0.25) is 4.79 Å². The first-order valence-corrected chi connectivity index (χ1v) is 12.1. The van der Waals surface area contributed by atoms with Crippen LogP contribution in [0.5, 0.6) is 0 Å². The number of nitrogens with two attached hydrogens (primary N) is 1. The Morgan fingerprint density at radius 1 is 1.26 bits per heavy atom. The number of aromatic nitrogens is 1. The van der Waals surface area contributed by atoms with Crippen molar-refractivity contribution < 1.29 is 19.1 Å². The second kappa shape index (κ2) is 12.3. The molecule has 2 rings (SSSR count). The summed E-state index contributed by atoms with van der Waals surface area (Å²) in [4.78, 5) is 29.2. The SMILES string of the molecule is CC(Br)=CC1Cc2nc(cs2)[C@@H](C)CC(N)CC(=O)O[C@@H](C)CC(C)=CC=CC(=O)O1. The van der Waals surface area contributed by atoms with Gasteiger partial charge in [-0.2, -0.15) is 0 Å². The zero-order valence-corrected chi connectivity index (χ0v) is 20.9. The highest BCUT2D eigenvalue weighted by Crippen LogP contribution is 2.25. The number of allylic oxidation sites excluding steroid dienone is 3. The Morgan fingerprint density at radius 3 is 2.71 bits per heavy atom. The topological polar surface area (TPSA) is 91.5 Å². The molecule has 170 valence electrons. The van der Waals surface area contributed by atoms with Crippen LogP contribution in [0.25, 0.3) is 0 Å². The van der Waals surface area contributed by atoms with E-state index >= 15 is 0 Å². The molecule has 2 heterocycles. The lowest BCUT2D eigenvalue weighted by molar-refractivity contribution is -0.148. The quantitative estimate of drug-likeness (QED) is 0.537. The molecule has 0 amide bonds. The Bertz CT molecular complexity index is 858. The molecule has 2 N–H and O–H groups in total. The predicted molar refractivity (Wildman–Crippen MR) is 127 cm³/mol. The highest BCUT2D eigenvalue weighted by molar-refractivity contribution is 9.11. The zero-order chi connectivity index (χ0) is 23.0. The zero-order valence-electron chi connectivity index (χ0n) is 18.5. The standard InChI is InChI=1S/C23H31BrN2O4S/c1-14-6-5-7-22(27)30-19(10-16(3)24)12-21-26-20(13-31-21)15(2)9-18(25)11-23(28)29-17(4)8-14/h5-7,10,13,15,17-19H,8-9,11-12,25H2,1-4H3/t15-,17-,18?,19?/m0/s1. The molecule has 4 atom stereocenters. The minimum atomic E-state index is -0.425. The van der Waals surface area contributed by atoms with Crippen molar-refractivity contribution in [1.82, 2.24) is 4.98 Å². The van der Waals surface area contributed by atoms with E-state index in [-0.39, 0.29) is 30.5 Å². The molecule has 0 saturated heterocycles. The molecule has 8 heteroatoms. The number of fused-ring (bicyclic) bond motifs is 2. The van der Waals surface area contributed by atoms with Gasteiger partial charge in [0, 0.05) is 36.3 Å². The van der Waals surface area contributed by atoms with Gasteiger partial charge in [0.25, 0.3) is 0 Å². The molecule has 1 aromatic heterocycles. The van der Waals surface area contributed by atoms with E-state index in [0.29, 0.717) is 19.3 Å². The van der Waals surface area contributed by atoms with Crippen LogP contribution < -0.4 is 5.73 Å². The van der Waals surface area contributed by atoms with Gasteiger partial charge < -0.3 is 15.2 Å². The van der Waals surface area contributed by atoms with Gasteiger partial charge in [-0.15, -0.1) is 11.3 Å². The van der Waals surface area contributed by atoms with Gasteiger partial charge in [-0.05, 0) is 37.8 Å². The number of halogens is 1. The molecule has 0 fully saturated rings. The van der Waals surface area contributed by atoms with Gasteiger partial charge >= 0.3 is 11.9 Å². The van der Waals surface area contributed by atoms with Crippen LogP contribution in [0, 0.1) is 0 Å². The summed E-state index contributed by atoms with van der Waals surface area (Å²) in [5.74, 6) is -0.613. The lowest BCUT2D eigenvalue weighted by Crippen LogP contribution is -2.28. The summed E-state index contributed by atoms with van der Waals surface area (Å²) in [5, 5.41) is 2.88. The molecule has 0 aliphatic carbocycles. The molecule has 1 aromatic rings. The summed E-state index contributed by atoms with van der Waals surface area (Å²) in [7, 11) is 0. The predicted octanol–water partition coefficient (Wildman–Crippen LogP) is 4.95. The maximum absolute atomic E-state index is 12.3. The maximum atomic E-state index is 12.3. The third kappa shape index (κ3) is 9.49. The second-order valence-electron chi connectivity index (χ2n) is 8.08. The van der Waals surface area contributed by atoms with E-state index in [1.807, 2.05) is 45.2 Å². The van der Waals surface area contributed by atoms with E-state index in [1.54, 1.807) is 6.08 Å². The van der Waals surface area contributed by atoms with Gasteiger partial charge in [0.15, 0.2) is 0 Å². The van der Waals surface area contributed by atoms with Crippen LogP contribution in [0.15, 0.2) is 39.7 Å². The number of hydrogen-bond donors (Lipinski definition) is 1. The van der Waals surface area contributed by atoms with Crippen molar-refractivity contribution in [2.24, 2.45) is 5.73 Å². The van der Waals surface area contributed by atoms with E-state index in [0.717, 1.165) is 20.8 Å². The number of hydrogen-bond acceptors (Lipinski definition) is 7. The molecule has 2 unspecified atom stereocenters. The number of esters is 2. The monoisotopic (exact) mass is 510 g/mol.